The Morgan fingerprint density at radius 2 is 1.91 bits per heavy atom. The molecule has 2 nitrogen and oxygen atoms in total. The van der Waals surface area contributed by atoms with Gasteiger partial charge in [-0.15, -0.1) is 23.2 Å². The Bertz CT molecular complexity index is 73.6. The van der Waals surface area contributed by atoms with E-state index in [1.807, 2.05) is 0 Å². The van der Waals surface area contributed by atoms with Crippen molar-refractivity contribution in [2.45, 2.75) is 17.7 Å². The minimum absolute atomic E-state index is 0. The van der Waals surface area contributed by atoms with Crippen LogP contribution in [0.2, 0.25) is 0 Å². The third-order valence-corrected chi connectivity index (χ3v) is 1.19. The fourth-order valence-electron chi connectivity index (χ4n) is 0.488. The van der Waals surface area contributed by atoms with Crippen LogP contribution < -0.4 is 0 Å². The largest absolute Gasteiger partial charge is 0.396 e. The second-order valence-corrected chi connectivity index (χ2v) is 3.17. The van der Waals surface area contributed by atoms with Gasteiger partial charge in [0.1, 0.15) is 4.84 Å². The van der Waals surface area contributed by atoms with Crippen LogP contribution in [0.25, 0.3) is 0 Å². The molecule has 0 rings (SSSR count). The molecule has 0 aromatic carbocycles. The van der Waals surface area contributed by atoms with E-state index in [0.717, 1.165) is 12.8 Å². The van der Waals surface area contributed by atoms with Gasteiger partial charge in [0.05, 0.1) is 6.61 Å². The van der Waals surface area contributed by atoms with Crippen molar-refractivity contribution in [3.8, 4) is 0 Å². The van der Waals surface area contributed by atoms with Crippen LogP contribution in [0.15, 0.2) is 0 Å². The zero-order valence-electron chi connectivity index (χ0n) is 6.22. The predicted octanol–water partition coefficient (Wildman–Crippen LogP) is 1.58. The average Bonchev–Trinajstić information content (AvgIpc) is 1.87. The summed E-state index contributed by atoms with van der Waals surface area (Å²) in [6.07, 6.45) is 1.63. The topological polar surface area (TPSA) is 29.5 Å². The van der Waals surface area contributed by atoms with E-state index in [-0.39, 0.29) is 28.3 Å². The molecular weight excluding hydrogens is 223 g/mol. The molecule has 0 aliphatic carbocycles. The minimum atomic E-state index is -0.436. The maximum Gasteiger partial charge on any atom is 0.131 e. The van der Waals surface area contributed by atoms with Gasteiger partial charge in [-0.25, -0.2) is 0 Å². The monoisotopic (exact) mass is 234 g/mol. The molecule has 0 aromatic heterocycles. The van der Waals surface area contributed by atoms with Crippen molar-refractivity contribution in [1.29, 1.82) is 0 Å². The Balaban J connectivity index is 0. The quantitative estimate of drug-likeness (QED) is 0.430. The molecule has 0 radical (unpaired) electrons. The van der Waals surface area contributed by atoms with Crippen LogP contribution in [0, 0.1) is 0 Å². The van der Waals surface area contributed by atoms with E-state index in [0.29, 0.717) is 13.2 Å². The minimum Gasteiger partial charge on any atom is -0.396 e. The Kier molecular flexibility index (Phi) is 15.0. The molecule has 0 saturated heterocycles. The van der Waals surface area contributed by atoms with Crippen LogP contribution in [0.1, 0.15) is 12.8 Å². The molecular formula is C6H12Cl2O2Ti. The molecule has 11 heavy (non-hydrogen) atoms. The van der Waals surface area contributed by atoms with Crippen molar-refractivity contribution in [2.75, 3.05) is 19.8 Å². The van der Waals surface area contributed by atoms with Crippen molar-refractivity contribution in [2.24, 2.45) is 0 Å². The van der Waals surface area contributed by atoms with E-state index in [1.165, 1.54) is 0 Å². The zero-order chi connectivity index (χ0) is 7.82. The number of rotatable bonds is 6. The fourth-order valence-corrected chi connectivity index (χ4v) is 0.667. The SMILES string of the molecule is OCCCCOCC(Cl)Cl.[Ti]. The van der Waals surface area contributed by atoms with E-state index in [9.17, 15) is 0 Å². The Morgan fingerprint density at radius 1 is 1.27 bits per heavy atom. The number of ether oxygens (including phenoxy) is 1. The molecule has 0 saturated carbocycles. The van der Waals surface area contributed by atoms with Crippen molar-refractivity contribution < 1.29 is 31.6 Å². The second kappa shape index (κ2) is 11.2. The second-order valence-electron chi connectivity index (χ2n) is 1.90. The summed E-state index contributed by atoms with van der Waals surface area (Å²) in [6.45, 7) is 1.21. The normalized spacial score (nSPS) is 9.82. The molecule has 0 aliphatic rings. The summed E-state index contributed by atoms with van der Waals surface area (Å²) in [5.74, 6) is 0. The number of hydrogen-bond donors (Lipinski definition) is 1. The first kappa shape index (κ1) is 14.7. The first-order valence-corrected chi connectivity index (χ1v) is 4.11. The molecule has 66 valence electrons. The maximum atomic E-state index is 8.37. The van der Waals surface area contributed by atoms with Gasteiger partial charge in [-0.3, -0.25) is 0 Å². The fraction of sp³-hybridized carbons (Fsp3) is 1.00. The van der Waals surface area contributed by atoms with Gasteiger partial charge < -0.3 is 9.84 Å². The Morgan fingerprint density at radius 3 is 2.36 bits per heavy atom. The summed E-state index contributed by atoms with van der Waals surface area (Å²) in [4.78, 5) is -0.436. The van der Waals surface area contributed by atoms with Crippen LogP contribution in [0.3, 0.4) is 0 Å². The van der Waals surface area contributed by atoms with Crippen LogP contribution >= 0.6 is 23.2 Å². The van der Waals surface area contributed by atoms with Crippen molar-refractivity contribution in [3.63, 3.8) is 0 Å². The van der Waals surface area contributed by atoms with Crippen molar-refractivity contribution in [3.05, 3.63) is 0 Å². The van der Waals surface area contributed by atoms with Gasteiger partial charge in [0.15, 0.2) is 0 Å². The molecule has 0 unspecified atom stereocenters. The molecule has 0 fully saturated rings. The molecule has 5 heteroatoms. The van der Waals surface area contributed by atoms with Gasteiger partial charge in [-0.2, -0.15) is 0 Å². The molecule has 0 bridgehead atoms. The van der Waals surface area contributed by atoms with Crippen LogP contribution in [0.4, 0.5) is 0 Å². The van der Waals surface area contributed by atoms with Crippen LogP contribution in [-0.4, -0.2) is 29.8 Å². The molecule has 0 atom stereocenters. The summed E-state index contributed by atoms with van der Waals surface area (Å²) in [5, 5.41) is 8.37. The summed E-state index contributed by atoms with van der Waals surface area (Å²) in [5.41, 5.74) is 0. The number of unbranched alkanes of at least 4 members (excludes halogenated alkanes) is 1. The molecule has 0 spiro atoms. The van der Waals surface area contributed by atoms with Crippen molar-refractivity contribution >= 4 is 23.2 Å². The van der Waals surface area contributed by atoms with Gasteiger partial charge in [-0.05, 0) is 12.8 Å². The number of hydrogen-bond acceptors (Lipinski definition) is 2. The van der Waals surface area contributed by atoms with Gasteiger partial charge >= 0.3 is 0 Å². The molecule has 0 aliphatic heterocycles. The van der Waals surface area contributed by atoms with E-state index in [4.69, 9.17) is 33.0 Å². The summed E-state index contributed by atoms with van der Waals surface area (Å²) >= 11 is 10.8. The molecule has 0 amide bonds. The van der Waals surface area contributed by atoms with E-state index < -0.39 is 4.84 Å². The summed E-state index contributed by atoms with van der Waals surface area (Å²) < 4.78 is 5.02. The van der Waals surface area contributed by atoms with Gasteiger partial charge in [0.2, 0.25) is 0 Å². The van der Waals surface area contributed by atoms with Crippen LogP contribution in [0.5, 0.6) is 0 Å². The first-order valence-electron chi connectivity index (χ1n) is 3.24. The number of alkyl halides is 2. The molecule has 0 aromatic rings. The van der Waals surface area contributed by atoms with E-state index in [1.54, 1.807) is 0 Å². The molecule has 0 heterocycles. The van der Waals surface area contributed by atoms with Gasteiger partial charge in [0.25, 0.3) is 0 Å². The smallest absolute Gasteiger partial charge is 0.131 e. The maximum absolute atomic E-state index is 8.37. The van der Waals surface area contributed by atoms with Gasteiger partial charge in [0, 0.05) is 34.9 Å². The predicted molar refractivity (Wildman–Crippen MR) is 42.6 cm³/mol. The van der Waals surface area contributed by atoms with E-state index in [2.05, 4.69) is 0 Å². The molecule has 1 N–H and O–H groups in total. The first-order chi connectivity index (χ1) is 4.77. The standard InChI is InChI=1S/C6H12Cl2O2.Ti/c7-6(8)5-10-4-2-1-3-9;/h6,9H,1-5H2;. The van der Waals surface area contributed by atoms with E-state index >= 15 is 0 Å². The summed E-state index contributed by atoms with van der Waals surface area (Å²) in [6, 6.07) is 0. The number of halogens is 2. The zero-order valence-corrected chi connectivity index (χ0v) is 9.30. The third-order valence-electron chi connectivity index (χ3n) is 0.941. The van der Waals surface area contributed by atoms with Gasteiger partial charge in [-0.1, -0.05) is 0 Å². The Labute approximate surface area is 92.1 Å². The third kappa shape index (κ3) is 14.1. The Hall–Kier alpha value is 1.21. The average molecular weight is 235 g/mol. The number of aliphatic hydroxyl groups excluding tert-OH is 1. The van der Waals surface area contributed by atoms with Crippen LogP contribution in [-0.2, 0) is 26.5 Å². The number of aliphatic hydroxyl groups is 1. The van der Waals surface area contributed by atoms with Crippen molar-refractivity contribution in [1.82, 2.24) is 0 Å². The summed E-state index contributed by atoms with van der Waals surface area (Å²) in [7, 11) is 0.